The molecule has 0 bridgehead atoms. The minimum Gasteiger partial charge on any atom is -0.291 e. The second-order valence-corrected chi connectivity index (χ2v) is 9.10. The van der Waals surface area contributed by atoms with E-state index in [1.807, 2.05) is 62.4 Å². The van der Waals surface area contributed by atoms with E-state index in [-0.39, 0.29) is 25.2 Å². The number of nitrogens with zero attached hydrogens (tertiary/aromatic N) is 5. The Hall–Kier alpha value is -3.69. The van der Waals surface area contributed by atoms with Crippen molar-refractivity contribution in [2.75, 3.05) is 0 Å². The van der Waals surface area contributed by atoms with Gasteiger partial charge in [0.1, 0.15) is 5.69 Å². The average molecular weight is 513 g/mol. The van der Waals surface area contributed by atoms with Crippen LogP contribution in [-0.4, -0.2) is 29.8 Å². The van der Waals surface area contributed by atoms with Crippen molar-refractivity contribution in [2.24, 2.45) is 0 Å². The van der Waals surface area contributed by atoms with Gasteiger partial charge in [0, 0.05) is 12.1 Å². The summed E-state index contributed by atoms with van der Waals surface area (Å²) in [5.41, 5.74) is 2.03. The largest absolute Gasteiger partial charge is 0.433 e. The highest BCUT2D eigenvalue weighted by molar-refractivity contribution is 5.80. The lowest BCUT2D eigenvalue weighted by Crippen LogP contribution is -2.27. The van der Waals surface area contributed by atoms with Crippen LogP contribution in [-0.2, 0) is 25.7 Å². The van der Waals surface area contributed by atoms with Gasteiger partial charge in [0.05, 0.1) is 12.2 Å². The van der Waals surface area contributed by atoms with Gasteiger partial charge in [-0.15, -0.1) is 10.2 Å². The molecule has 0 saturated heterocycles. The zero-order chi connectivity index (χ0) is 26.4. The maximum Gasteiger partial charge on any atom is 0.433 e. The third-order valence-corrected chi connectivity index (χ3v) is 6.47. The Morgan fingerprint density at radius 1 is 0.892 bits per heavy atom. The van der Waals surface area contributed by atoms with Crippen molar-refractivity contribution in [1.82, 2.24) is 29.8 Å². The van der Waals surface area contributed by atoms with E-state index >= 15 is 0 Å². The van der Waals surface area contributed by atoms with E-state index in [0.717, 1.165) is 46.1 Å². The van der Waals surface area contributed by atoms with Crippen LogP contribution in [0.15, 0.2) is 53.3 Å². The summed E-state index contributed by atoms with van der Waals surface area (Å²) in [7, 11) is 0. The maximum absolute atomic E-state index is 14.2. The van der Waals surface area contributed by atoms with Crippen LogP contribution in [0.4, 0.5) is 13.2 Å². The van der Waals surface area contributed by atoms with Crippen LogP contribution in [0.2, 0.25) is 0 Å². The number of unbranched alkanes of at least 4 members (excludes halogenated alkanes) is 3. The van der Waals surface area contributed by atoms with Crippen molar-refractivity contribution in [3.8, 4) is 22.5 Å². The molecular weight excluding hydrogens is 481 g/mol. The predicted molar refractivity (Wildman–Crippen MR) is 136 cm³/mol. The van der Waals surface area contributed by atoms with Gasteiger partial charge in [-0.2, -0.15) is 18.4 Å². The molecule has 4 rings (SSSR count). The molecule has 1 N–H and O–H groups in total. The highest BCUT2D eigenvalue weighted by atomic mass is 19.4. The monoisotopic (exact) mass is 512 g/mol. The highest BCUT2D eigenvalue weighted by Gasteiger charge is 2.40. The molecule has 196 valence electrons. The lowest BCUT2D eigenvalue weighted by atomic mass is 9.98. The number of aromatic nitrogens is 6. The molecule has 2 aromatic carbocycles. The lowest BCUT2D eigenvalue weighted by molar-refractivity contribution is -0.144. The van der Waals surface area contributed by atoms with Crippen molar-refractivity contribution in [3.63, 3.8) is 0 Å². The molecular formula is C27H31F3N6O. The molecule has 0 radical (unpaired) electrons. The van der Waals surface area contributed by atoms with Gasteiger partial charge >= 0.3 is 11.9 Å². The fourth-order valence-electron chi connectivity index (χ4n) is 4.62. The molecule has 2 aromatic heterocycles. The Balaban J connectivity index is 1.70. The summed E-state index contributed by atoms with van der Waals surface area (Å²) in [6.07, 6.45) is -0.910. The molecule has 10 heteroatoms. The van der Waals surface area contributed by atoms with Crippen LogP contribution in [0.25, 0.3) is 22.5 Å². The third-order valence-electron chi connectivity index (χ3n) is 6.47. The molecule has 7 nitrogen and oxygen atoms in total. The number of H-pyrrole nitrogens is 1. The second kappa shape index (κ2) is 11.6. The summed E-state index contributed by atoms with van der Waals surface area (Å²) in [6.45, 7) is 4.06. The van der Waals surface area contributed by atoms with Crippen molar-refractivity contribution in [1.29, 1.82) is 0 Å². The first-order valence-electron chi connectivity index (χ1n) is 12.7. The van der Waals surface area contributed by atoms with Gasteiger partial charge < -0.3 is 0 Å². The van der Waals surface area contributed by atoms with Crippen molar-refractivity contribution in [3.05, 3.63) is 76.0 Å². The smallest absolute Gasteiger partial charge is 0.291 e. The molecule has 0 atom stereocenters. The number of nitrogens with one attached hydrogen (secondary N) is 1. The number of benzene rings is 2. The van der Waals surface area contributed by atoms with Crippen LogP contribution in [0.5, 0.6) is 0 Å². The topological polar surface area (TPSA) is 81.4 Å². The van der Waals surface area contributed by atoms with Gasteiger partial charge in [-0.3, -0.25) is 9.13 Å². The number of aromatic amines is 1. The zero-order valence-corrected chi connectivity index (χ0v) is 21.1. The van der Waals surface area contributed by atoms with Crippen molar-refractivity contribution >= 4 is 0 Å². The van der Waals surface area contributed by atoms with Crippen molar-refractivity contribution < 1.29 is 13.2 Å². The Bertz CT molecular complexity index is 1350. The number of imidazole rings is 1. The summed E-state index contributed by atoms with van der Waals surface area (Å²) in [6, 6.07) is 15.1. The van der Waals surface area contributed by atoms with Gasteiger partial charge in [-0.1, -0.05) is 81.6 Å². The number of alkyl halides is 3. The Kier molecular flexibility index (Phi) is 8.25. The summed E-state index contributed by atoms with van der Waals surface area (Å²) >= 11 is 0. The van der Waals surface area contributed by atoms with Gasteiger partial charge in [-0.05, 0) is 41.2 Å². The number of rotatable bonds is 11. The molecule has 0 unspecified atom stereocenters. The molecule has 0 aliphatic heterocycles. The quantitative estimate of drug-likeness (QED) is 0.246. The number of tetrazole rings is 1. The summed E-state index contributed by atoms with van der Waals surface area (Å²) in [4.78, 5) is 13.3. The van der Waals surface area contributed by atoms with Gasteiger partial charge in [-0.25, -0.2) is 4.79 Å². The summed E-state index contributed by atoms with van der Waals surface area (Å²) in [5.74, 6) is 0.468. The lowest BCUT2D eigenvalue weighted by Gasteiger charge is -2.13. The standard InChI is InChI=1S/C27H31F3N6O/c1-3-5-9-17-35-24(27(28,29)30)23(12-6-4-2)36(26(35)37)18-19-13-15-20(16-14-19)21-10-7-8-11-22(21)25-31-33-34-32-25/h7-8,10-11,13-16H,3-6,9,12,17-18H2,1-2H3,(H,31,32,33,34). The first-order valence-corrected chi connectivity index (χ1v) is 12.7. The van der Waals surface area contributed by atoms with Gasteiger partial charge in [0.2, 0.25) is 5.82 Å². The van der Waals surface area contributed by atoms with Crippen LogP contribution in [0.1, 0.15) is 62.9 Å². The summed E-state index contributed by atoms with van der Waals surface area (Å²) in [5, 5.41) is 14.2. The minimum atomic E-state index is -4.59. The molecule has 0 aliphatic rings. The van der Waals surface area contributed by atoms with E-state index in [4.69, 9.17) is 0 Å². The SMILES string of the molecule is CCCCCn1c(C(F)(F)F)c(CCCC)n(Cc2ccc(-c3ccccc3-c3nn[nH]n3)cc2)c1=O. The molecule has 0 aliphatic carbocycles. The number of hydrogen-bond acceptors (Lipinski definition) is 4. The molecule has 37 heavy (non-hydrogen) atoms. The van der Waals surface area contributed by atoms with Crippen LogP contribution >= 0.6 is 0 Å². The molecule has 2 heterocycles. The third kappa shape index (κ3) is 5.84. The van der Waals surface area contributed by atoms with Gasteiger partial charge in [0.25, 0.3) is 0 Å². The number of halogens is 3. The number of hydrogen-bond donors (Lipinski definition) is 1. The van der Waals surface area contributed by atoms with E-state index < -0.39 is 17.6 Å². The second-order valence-electron chi connectivity index (χ2n) is 9.10. The van der Waals surface area contributed by atoms with Gasteiger partial charge in [0.15, 0.2) is 0 Å². The Morgan fingerprint density at radius 2 is 1.59 bits per heavy atom. The van der Waals surface area contributed by atoms with E-state index in [1.165, 1.54) is 4.57 Å². The normalized spacial score (nSPS) is 11.8. The van der Waals surface area contributed by atoms with Crippen LogP contribution < -0.4 is 5.69 Å². The Labute approximate surface area is 213 Å². The zero-order valence-electron chi connectivity index (χ0n) is 21.1. The van der Waals surface area contributed by atoms with E-state index in [2.05, 4.69) is 20.6 Å². The molecule has 0 spiro atoms. The van der Waals surface area contributed by atoms with Crippen molar-refractivity contribution in [2.45, 2.75) is 71.6 Å². The fourth-order valence-corrected chi connectivity index (χ4v) is 4.62. The first kappa shape index (κ1) is 26.4. The van der Waals surface area contributed by atoms with E-state index in [1.54, 1.807) is 0 Å². The highest BCUT2D eigenvalue weighted by Crippen LogP contribution is 2.34. The molecule has 0 saturated carbocycles. The molecule has 4 aromatic rings. The average Bonchev–Trinajstić information content (AvgIpc) is 3.51. The minimum absolute atomic E-state index is 0.0689. The van der Waals surface area contributed by atoms with Crippen LogP contribution in [0, 0.1) is 0 Å². The first-order chi connectivity index (χ1) is 17.8. The predicted octanol–water partition coefficient (Wildman–Crippen LogP) is 6.10. The maximum atomic E-state index is 14.2. The molecule has 0 fully saturated rings. The molecule has 0 amide bonds. The van der Waals surface area contributed by atoms with E-state index in [9.17, 15) is 18.0 Å². The fraction of sp³-hybridized carbons (Fsp3) is 0.407. The van der Waals surface area contributed by atoms with E-state index in [0.29, 0.717) is 18.7 Å². The summed E-state index contributed by atoms with van der Waals surface area (Å²) < 4.78 is 44.8. The van der Waals surface area contributed by atoms with Crippen LogP contribution in [0.3, 0.4) is 0 Å². The Morgan fingerprint density at radius 3 is 2.22 bits per heavy atom.